The zero-order valence-corrected chi connectivity index (χ0v) is 9.83. The second-order valence-corrected chi connectivity index (χ2v) is 5.71. The molecule has 1 aromatic rings. The van der Waals surface area contributed by atoms with Gasteiger partial charge < -0.3 is 9.64 Å². The maximum atomic E-state index is 6.11. The third kappa shape index (κ3) is 1.62. The van der Waals surface area contributed by atoms with E-state index in [1.54, 1.807) is 12.5 Å². The molecule has 0 aromatic carbocycles. The van der Waals surface area contributed by atoms with E-state index >= 15 is 0 Å². The molecule has 90 valence electrons. The molecule has 1 aromatic heterocycles. The van der Waals surface area contributed by atoms with Gasteiger partial charge in [0.2, 0.25) is 5.88 Å². The second-order valence-electron chi connectivity index (χ2n) is 5.71. The highest BCUT2D eigenvalue weighted by Gasteiger charge is 2.48. The number of aromatic nitrogens is 2. The van der Waals surface area contributed by atoms with Crippen molar-refractivity contribution in [2.45, 2.75) is 18.9 Å². The number of piperidine rings is 3. The van der Waals surface area contributed by atoms with Gasteiger partial charge in [-0.3, -0.25) is 0 Å². The van der Waals surface area contributed by atoms with Crippen LogP contribution in [0.5, 0.6) is 5.88 Å². The summed E-state index contributed by atoms with van der Waals surface area (Å²) in [5.74, 6) is 3.11. The lowest BCUT2D eigenvalue weighted by molar-refractivity contribution is -0.0997. The monoisotopic (exact) mass is 231 g/mol. The van der Waals surface area contributed by atoms with Gasteiger partial charge in [-0.05, 0) is 18.8 Å². The lowest BCUT2D eigenvalue weighted by Crippen LogP contribution is -2.61. The maximum absolute atomic E-state index is 6.11. The molecule has 1 saturated carbocycles. The van der Waals surface area contributed by atoms with E-state index in [1.807, 2.05) is 6.07 Å². The minimum atomic E-state index is 0.387. The van der Waals surface area contributed by atoms with E-state index in [4.69, 9.17) is 4.74 Å². The Labute approximate surface area is 101 Å². The Morgan fingerprint density at radius 3 is 2.65 bits per heavy atom. The Balaban J connectivity index is 1.55. The van der Waals surface area contributed by atoms with E-state index in [9.17, 15) is 0 Å². The molecule has 0 N–H and O–H groups in total. The molecule has 3 aliphatic heterocycles. The van der Waals surface area contributed by atoms with Gasteiger partial charge in [0.15, 0.2) is 0 Å². The summed E-state index contributed by atoms with van der Waals surface area (Å²) in [4.78, 5) is 10.7. The Hall–Kier alpha value is -1.16. The van der Waals surface area contributed by atoms with Crippen LogP contribution in [0.3, 0.4) is 0 Å². The molecule has 4 aliphatic rings. The average Bonchev–Trinajstić information content (AvgIpc) is 2.34. The summed E-state index contributed by atoms with van der Waals surface area (Å²) < 4.78 is 6.11. The normalized spacial score (nSPS) is 42.7. The van der Waals surface area contributed by atoms with E-state index in [0.717, 1.165) is 23.6 Å². The number of hydrogen-bond donors (Lipinski definition) is 0. The fourth-order valence-electron chi connectivity index (χ4n) is 4.04. The molecular weight excluding hydrogens is 214 g/mol. The summed E-state index contributed by atoms with van der Waals surface area (Å²) in [5.41, 5.74) is 0. The largest absolute Gasteiger partial charge is 0.474 e. The highest BCUT2D eigenvalue weighted by Crippen LogP contribution is 2.44. The molecule has 4 heteroatoms. The number of nitrogens with zero attached hydrogens (tertiary/aromatic N) is 3. The summed E-state index contributed by atoms with van der Waals surface area (Å²) >= 11 is 0. The van der Waals surface area contributed by atoms with Crippen molar-refractivity contribution >= 4 is 0 Å². The molecule has 3 saturated heterocycles. The number of rotatable bonds is 2. The third-order valence-corrected chi connectivity index (χ3v) is 4.51. The predicted molar refractivity (Wildman–Crippen MR) is 62.6 cm³/mol. The summed E-state index contributed by atoms with van der Waals surface area (Å²) in [6, 6.07) is 1.87. The standard InChI is InChI=1S/C13H17N3O/c1-2-14-8-15-12(1)17-13-10-3-9-4-11(13)7-16(5-9)6-10/h1-2,8-11,13H,3-7H2/t9?,10-,11-,13?/m0/s1. The van der Waals surface area contributed by atoms with Crippen molar-refractivity contribution in [3.8, 4) is 5.88 Å². The molecule has 0 unspecified atom stereocenters. The van der Waals surface area contributed by atoms with Gasteiger partial charge in [-0.1, -0.05) is 0 Å². The van der Waals surface area contributed by atoms with Crippen molar-refractivity contribution in [3.63, 3.8) is 0 Å². The fourth-order valence-corrected chi connectivity index (χ4v) is 4.04. The molecule has 4 nitrogen and oxygen atoms in total. The van der Waals surface area contributed by atoms with Crippen molar-refractivity contribution in [2.24, 2.45) is 17.8 Å². The van der Waals surface area contributed by atoms with Crippen LogP contribution in [-0.4, -0.2) is 40.6 Å². The molecule has 4 bridgehead atoms. The van der Waals surface area contributed by atoms with Gasteiger partial charge in [0.25, 0.3) is 0 Å². The minimum absolute atomic E-state index is 0.387. The van der Waals surface area contributed by atoms with Gasteiger partial charge >= 0.3 is 0 Å². The van der Waals surface area contributed by atoms with Crippen LogP contribution < -0.4 is 4.74 Å². The van der Waals surface area contributed by atoms with Gasteiger partial charge in [-0.2, -0.15) is 0 Å². The molecular formula is C13H17N3O. The Morgan fingerprint density at radius 2 is 2.00 bits per heavy atom. The number of ether oxygens (including phenoxy) is 1. The molecule has 0 spiro atoms. The van der Waals surface area contributed by atoms with Crippen LogP contribution in [0, 0.1) is 17.8 Å². The Morgan fingerprint density at radius 1 is 1.18 bits per heavy atom. The van der Waals surface area contributed by atoms with Gasteiger partial charge in [-0.25, -0.2) is 9.97 Å². The van der Waals surface area contributed by atoms with Crippen molar-refractivity contribution in [1.29, 1.82) is 0 Å². The Bertz CT molecular complexity index is 380. The second kappa shape index (κ2) is 3.67. The molecule has 5 rings (SSSR count). The van der Waals surface area contributed by atoms with E-state index < -0.39 is 0 Å². The van der Waals surface area contributed by atoms with E-state index in [0.29, 0.717) is 6.10 Å². The van der Waals surface area contributed by atoms with Crippen molar-refractivity contribution in [2.75, 3.05) is 19.6 Å². The van der Waals surface area contributed by atoms with Crippen LogP contribution in [-0.2, 0) is 0 Å². The summed E-state index contributed by atoms with van der Waals surface area (Å²) in [7, 11) is 0. The smallest absolute Gasteiger partial charge is 0.216 e. The van der Waals surface area contributed by atoms with E-state index in [2.05, 4.69) is 14.9 Å². The van der Waals surface area contributed by atoms with Crippen molar-refractivity contribution in [3.05, 3.63) is 18.6 Å². The zero-order chi connectivity index (χ0) is 11.2. The van der Waals surface area contributed by atoms with Crippen molar-refractivity contribution < 1.29 is 4.74 Å². The summed E-state index contributed by atoms with van der Waals surface area (Å²) in [5, 5.41) is 0. The van der Waals surface area contributed by atoms with Crippen LogP contribution in [0.25, 0.3) is 0 Å². The SMILES string of the molecule is c1cc(OC2[C@H]3CC4C[C@H]2CN(C4)C3)ncn1. The van der Waals surface area contributed by atoms with Crippen molar-refractivity contribution in [1.82, 2.24) is 14.9 Å². The molecule has 4 fully saturated rings. The first-order valence-electron chi connectivity index (χ1n) is 6.53. The van der Waals surface area contributed by atoms with Gasteiger partial charge in [0.05, 0.1) is 0 Å². The van der Waals surface area contributed by atoms with E-state index in [-0.39, 0.29) is 0 Å². The molecule has 17 heavy (non-hydrogen) atoms. The van der Waals surface area contributed by atoms with Gasteiger partial charge in [-0.15, -0.1) is 0 Å². The van der Waals surface area contributed by atoms with Crippen LogP contribution >= 0.6 is 0 Å². The van der Waals surface area contributed by atoms with Gasteiger partial charge in [0.1, 0.15) is 12.4 Å². The molecule has 4 heterocycles. The lowest BCUT2D eigenvalue weighted by Gasteiger charge is -2.55. The summed E-state index contributed by atoms with van der Waals surface area (Å²) in [6.07, 6.45) is 6.40. The third-order valence-electron chi connectivity index (χ3n) is 4.51. The Kier molecular flexibility index (Phi) is 2.12. The van der Waals surface area contributed by atoms with Crippen LogP contribution in [0.2, 0.25) is 0 Å². The average molecular weight is 231 g/mol. The highest BCUT2D eigenvalue weighted by atomic mass is 16.5. The topological polar surface area (TPSA) is 38.2 Å². The number of hydrogen-bond acceptors (Lipinski definition) is 4. The fraction of sp³-hybridized carbons (Fsp3) is 0.692. The van der Waals surface area contributed by atoms with Crippen LogP contribution in [0.15, 0.2) is 18.6 Å². The predicted octanol–water partition coefficient (Wildman–Crippen LogP) is 1.20. The molecule has 1 aliphatic carbocycles. The molecule has 2 atom stereocenters. The quantitative estimate of drug-likeness (QED) is 0.766. The van der Waals surface area contributed by atoms with Gasteiger partial charge in [0, 0.05) is 43.7 Å². The molecule has 0 radical (unpaired) electrons. The first-order valence-corrected chi connectivity index (χ1v) is 6.53. The van der Waals surface area contributed by atoms with E-state index in [1.165, 1.54) is 32.5 Å². The zero-order valence-electron chi connectivity index (χ0n) is 9.83. The minimum Gasteiger partial charge on any atom is -0.474 e. The summed E-state index contributed by atoms with van der Waals surface area (Å²) in [6.45, 7) is 3.78. The maximum Gasteiger partial charge on any atom is 0.216 e. The molecule has 0 amide bonds. The lowest BCUT2D eigenvalue weighted by atomic mass is 9.66. The van der Waals surface area contributed by atoms with Crippen LogP contribution in [0.1, 0.15) is 12.8 Å². The highest BCUT2D eigenvalue weighted by molar-refractivity contribution is 5.08. The van der Waals surface area contributed by atoms with Crippen LogP contribution in [0.4, 0.5) is 0 Å². The first kappa shape index (κ1) is 9.83. The first-order chi connectivity index (χ1) is 8.38.